The van der Waals surface area contributed by atoms with Crippen molar-refractivity contribution in [2.75, 3.05) is 58.6 Å². The molecule has 0 bridgehead atoms. The minimum atomic E-state index is -3.23. The highest BCUT2D eigenvalue weighted by atomic mass is 32.2. The van der Waals surface area contributed by atoms with Crippen LogP contribution in [0, 0.1) is 11.3 Å². The first-order valence-corrected chi connectivity index (χ1v) is 13.7. The predicted octanol–water partition coefficient (Wildman–Crippen LogP) is 1.90. The zero-order valence-corrected chi connectivity index (χ0v) is 20.8. The number of sulfonamides is 1. The maximum atomic E-state index is 13.1. The largest absolute Gasteiger partial charge is 0.373 e. The van der Waals surface area contributed by atoms with Crippen molar-refractivity contribution in [3.05, 3.63) is 83.6 Å². The van der Waals surface area contributed by atoms with Gasteiger partial charge >= 0.3 is 0 Å². The van der Waals surface area contributed by atoms with Gasteiger partial charge in [-0.2, -0.15) is 9.57 Å². The molecule has 8 nitrogen and oxygen atoms in total. The molecular weight excluding hydrogens is 462 g/mol. The molecule has 2 aromatic carbocycles. The molecule has 0 aliphatic carbocycles. The van der Waals surface area contributed by atoms with Gasteiger partial charge in [-0.05, 0) is 11.1 Å². The third kappa shape index (κ3) is 6.09. The number of benzene rings is 2. The summed E-state index contributed by atoms with van der Waals surface area (Å²) in [5.41, 5.74) is 2.52. The predicted molar refractivity (Wildman–Crippen MR) is 135 cm³/mol. The summed E-state index contributed by atoms with van der Waals surface area (Å²) < 4.78 is 24.8. The van der Waals surface area contributed by atoms with Gasteiger partial charge in [-0.1, -0.05) is 60.7 Å². The Balaban J connectivity index is 1.41. The summed E-state index contributed by atoms with van der Waals surface area (Å²) in [5.74, 6) is -0.270. The number of rotatable bonds is 6. The molecule has 2 aromatic rings. The van der Waals surface area contributed by atoms with E-state index in [-0.39, 0.29) is 17.5 Å². The van der Waals surface area contributed by atoms with Gasteiger partial charge in [0.15, 0.2) is 0 Å². The summed E-state index contributed by atoms with van der Waals surface area (Å²) in [6, 6.07) is 22.9. The molecule has 2 aliphatic heterocycles. The number of carbonyl (C=O) groups is 1. The average Bonchev–Trinajstić information content (AvgIpc) is 2.88. The molecule has 0 unspecified atom stereocenters. The van der Waals surface area contributed by atoms with Gasteiger partial charge in [0.1, 0.15) is 11.6 Å². The summed E-state index contributed by atoms with van der Waals surface area (Å²) in [6.07, 6.45) is 2.79. The molecule has 1 amide bonds. The monoisotopic (exact) mass is 493 g/mol. The van der Waals surface area contributed by atoms with E-state index in [1.807, 2.05) is 41.3 Å². The Labute approximate surface area is 207 Å². The Kier molecular flexibility index (Phi) is 7.86. The van der Waals surface area contributed by atoms with Gasteiger partial charge in [0.25, 0.3) is 5.91 Å². The Bertz CT molecular complexity index is 1140. The molecule has 2 fully saturated rings. The summed E-state index contributed by atoms with van der Waals surface area (Å²) in [7, 11) is -3.23. The second-order valence-electron chi connectivity index (χ2n) is 8.90. The second-order valence-corrected chi connectivity index (χ2v) is 10.9. The highest BCUT2D eigenvalue weighted by Crippen LogP contribution is 2.29. The van der Waals surface area contributed by atoms with Crippen molar-refractivity contribution >= 4 is 15.9 Å². The summed E-state index contributed by atoms with van der Waals surface area (Å²) in [4.78, 5) is 19.1. The number of amides is 1. The van der Waals surface area contributed by atoms with Crippen LogP contribution in [0.2, 0.25) is 0 Å². The fraction of sp³-hybridized carbons (Fsp3) is 0.385. The van der Waals surface area contributed by atoms with Crippen LogP contribution < -0.4 is 0 Å². The molecular formula is C26H31N5O3S. The van der Waals surface area contributed by atoms with Crippen molar-refractivity contribution in [1.82, 2.24) is 19.0 Å². The first-order chi connectivity index (χ1) is 16.9. The Hall–Kier alpha value is -3.19. The van der Waals surface area contributed by atoms with Crippen LogP contribution in [0.15, 0.2) is 72.4 Å². The number of nitrogens with zero attached hydrogens (tertiary/aromatic N) is 5. The smallest absolute Gasteiger partial charge is 0.266 e. The zero-order chi connectivity index (χ0) is 24.8. The van der Waals surface area contributed by atoms with E-state index < -0.39 is 10.0 Å². The van der Waals surface area contributed by atoms with Gasteiger partial charge in [0, 0.05) is 58.6 Å². The molecule has 0 saturated carbocycles. The maximum Gasteiger partial charge on any atom is 0.266 e. The Morgan fingerprint density at radius 1 is 0.857 bits per heavy atom. The van der Waals surface area contributed by atoms with Crippen molar-refractivity contribution < 1.29 is 13.2 Å². The van der Waals surface area contributed by atoms with Gasteiger partial charge in [0.05, 0.1) is 12.3 Å². The lowest BCUT2D eigenvalue weighted by Crippen LogP contribution is -2.50. The lowest BCUT2D eigenvalue weighted by Gasteiger charge is -2.40. The maximum absolute atomic E-state index is 13.1. The molecule has 2 aliphatic rings. The quantitative estimate of drug-likeness (QED) is 0.451. The van der Waals surface area contributed by atoms with Crippen LogP contribution in [0.5, 0.6) is 0 Å². The van der Waals surface area contributed by atoms with Crippen molar-refractivity contribution in [1.29, 1.82) is 5.26 Å². The second kappa shape index (κ2) is 11.0. The van der Waals surface area contributed by atoms with E-state index in [1.165, 1.54) is 21.7 Å². The van der Waals surface area contributed by atoms with Crippen LogP contribution >= 0.6 is 0 Å². The van der Waals surface area contributed by atoms with Gasteiger partial charge in [0.2, 0.25) is 10.0 Å². The first kappa shape index (κ1) is 24.9. The van der Waals surface area contributed by atoms with Crippen molar-refractivity contribution in [3.8, 4) is 6.07 Å². The fourth-order valence-electron chi connectivity index (χ4n) is 4.72. The number of nitriles is 1. The molecule has 9 heteroatoms. The van der Waals surface area contributed by atoms with E-state index >= 15 is 0 Å². The van der Waals surface area contributed by atoms with Crippen molar-refractivity contribution in [3.63, 3.8) is 0 Å². The van der Waals surface area contributed by atoms with Gasteiger partial charge in [-0.15, -0.1) is 0 Å². The van der Waals surface area contributed by atoms with E-state index in [4.69, 9.17) is 0 Å². The molecule has 2 saturated heterocycles. The minimum Gasteiger partial charge on any atom is -0.373 e. The van der Waals surface area contributed by atoms with Gasteiger partial charge in [-0.3, -0.25) is 9.69 Å². The third-order valence-electron chi connectivity index (χ3n) is 6.60. The van der Waals surface area contributed by atoms with Crippen molar-refractivity contribution in [2.45, 2.75) is 6.04 Å². The van der Waals surface area contributed by atoms with Crippen LogP contribution in [0.4, 0.5) is 0 Å². The summed E-state index contributed by atoms with van der Waals surface area (Å²) in [6.45, 7) is 4.08. The van der Waals surface area contributed by atoms with E-state index in [9.17, 15) is 18.5 Å². The fourth-order valence-corrected chi connectivity index (χ4v) is 5.54. The van der Waals surface area contributed by atoms with E-state index in [0.29, 0.717) is 52.4 Å². The van der Waals surface area contributed by atoms with E-state index in [0.717, 1.165) is 0 Å². The number of piperazine rings is 2. The Morgan fingerprint density at radius 2 is 1.37 bits per heavy atom. The molecule has 184 valence electrons. The zero-order valence-electron chi connectivity index (χ0n) is 20.0. The van der Waals surface area contributed by atoms with Crippen LogP contribution in [-0.2, 0) is 14.8 Å². The molecule has 0 N–H and O–H groups in total. The Morgan fingerprint density at radius 3 is 1.83 bits per heavy atom. The molecule has 4 rings (SSSR count). The number of hydrogen-bond donors (Lipinski definition) is 0. The number of carbonyl (C=O) groups excluding carboxylic acids is 1. The van der Waals surface area contributed by atoms with Crippen LogP contribution in [-0.4, -0.2) is 91.9 Å². The minimum absolute atomic E-state index is 0.0916. The topological polar surface area (TPSA) is 88.0 Å². The van der Waals surface area contributed by atoms with E-state index in [2.05, 4.69) is 35.2 Å². The molecule has 0 spiro atoms. The molecule has 0 radical (unpaired) electrons. The highest BCUT2D eigenvalue weighted by molar-refractivity contribution is 7.88. The van der Waals surface area contributed by atoms with Crippen LogP contribution in [0.1, 0.15) is 17.2 Å². The van der Waals surface area contributed by atoms with Crippen molar-refractivity contribution in [2.24, 2.45) is 0 Å². The van der Waals surface area contributed by atoms with E-state index in [1.54, 1.807) is 11.1 Å². The molecule has 0 atom stereocenters. The average molecular weight is 494 g/mol. The van der Waals surface area contributed by atoms with Gasteiger partial charge < -0.3 is 9.80 Å². The third-order valence-corrected chi connectivity index (χ3v) is 7.91. The van der Waals surface area contributed by atoms with Crippen LogP contribution in [0.25, 0.3) is 0 Å². The first-order valence-electron chi connectivity index (χ1n) is 11.8. The normalized spacial score (nSPS) is 18.5. The lowest BCUT2D eigenvalue weighted by atomic mass is 9.96. The highest BCUT2D eigenvalue weighted by Gasteiger charge is 2.30. The SMILES string of the molecule is CS(=O)(=O)N1CCN(/C=C(/C#N)C(=O)N2CCN(C(c3ccccc3)c3ccccc3)CC2)CC1. The standard InChI is InChI=1S/C26H31N5O3S/c1-35(33,34)31-18-12-28(13-19-31)21-24(20-27)26(32)30-16-14-29(15-17-30)25(22-8-4-2-5-9-22)23-10-6-3-7-11-23/h2-11,21,25H,12-19H2,1H3/b24-21-. The molecule has 0 aromatic heterocycles. The summed E-state index contributed by atoms with van der Waals surface area (Å²) in [5, 5.41) is 9.67. The van der Waals surface area contributed by atoms with Gasteiger partial charge in [-0.25, -0.2) is 8.42 Å². The summed E-state index contributed by atoms with van der Waals surface area (Å²) >= 11 is 0. The van der Waals surface area contributed by atoms with Crippen LogP contribution in [0.3, 0.4) is 0 Å². The lowest BCUT2D eigenvalue weighted by molar-refractivity contribution is -0.128. The molecule has 35 heavy (non-hydrogen) atoms. The molecule has 2 heterocycles. The number of hydrogen-bond acceptors (Lipinski definition) is 6.